The first-order chi connectivity index (χ1) is 8.72. The molecule has 0 aliphatic carbocycles. The molecule has 0 fully saturated rings. The number of hydrogen-bond acceptors (Lipinski definition) is 4. The van der Waals surface area contributed by atoms with Gasteiger partial charge in [0.15, 0.2) is 11.5 Å². The fraction of sp³-hybridized carbons (Fsp3) is 0.462. The first kappa shape index (κ1) is 12.7. The van der Waals surface area contributed by atoms with Crippen molar-refractivity contribution in [2.75, 3.05) is 40.4 Å². The first-order valence-electron chi connectivity index (χ1n) is 6.02. The Hall–Kier alpha value is -1.75. The third kappa shape index (κ3) is 2.73. The van der Waals surface area contributed by atoms with Crippen molar-refractivity contribution in [1.29, 1.82) is 0 Å². The minimum absolute atomic E-state index is 0.0118. The number of nitrogens with one attached hydrogen (secondary N) is 1. The van der Waals surface area contributed by atoms with Gasteiger partial charge >= 0.3 is 0 Å². The van der Waals surface area contributed by atoms with Gasteiger partial charge in [-0.1, -0.05) is 0 Å². The third-order valence-corrected chi connectivity index (χ3v) is 2.83. The standard InChI is InChI=1S/C13H18N2O3/c1-14-5-6-15(2)13(16)10-3-4-11-12(9-10)18-8-7-17-11/h3-4,9,14H,5-8H2,1-2H3. The Morgan fingerprint density at radius 3 is 2.78 bits per heavy atom. The molecule has 0 saturated heterocycles. The van der Waals surface area contributed by atoms with Crippen LogP contribution in [0, 0.1) is 0 Å². The number of rotatable bonds is 4. The highest BCUT2D eigenvalue weighted by Crippen LogP contribution is 2.30. The van der Waals surface area contributed by atoms with Crippen LogP contribution >= 0.6 is 0 Å². The van der Waals surface area contributed by atoms with Crippen LogP contribution in [0.4, 0.5) is 0 Å². The largest absolute Gasteiger partial charge is 0.486 e. The van der Waals surface area contributed by atoms with Gasteiger partial charge in [0.2, 0.25) is 0 Å². The molecule has 0 saturated carbocycles. The van der Waals surface area contributed by atoms with Crippen molar-refractivity contribution in [3.05, 3.63) is 23.8 Å². The Labute approximate surface area is 107 Å². The fourth-order valence-corrected chi connectivity index (χ4v) is 1.78. The van der Waals surface area contributed by atoms with Crippen molar-refractivity contribution in [2.24, 2.45) is 0 Å². The second kappa shape index (κ2) is 5.73. The molecule has 5 heteroatoms. The van der Waals surface area contributed by atoms with Gasteiger partial charge in [-0.05, 0) is 25.2 Å². The maximum atomic E-state index is 12.1. The number of hydrogen-bond donors (Lipinski definition) is 1. The highest BCUT2D eigenvalue weighted by molar-refractivity contribution is 5.94. The zero-order valence-electron chi connectivity index (χ0n) is 10.7. The molecular weight excluding hydrogens is 232 g/mol. The van der Waals surface area contributed by atoms with Crippen LogP contribution in [0.25, 0.3) is 0 Å². The minimum Gasteiger partial charge on any atom is -0.486 e. The fourth-order valence-electron chi connectivity index (χ4n) is 1.78. The van der Waals surface area contributed by atoms with Crippen LogP contribution in [-0.4, -0.2) is 51.2 Å². The van der Waals surface area contributed by atoms with E-state index in [0.717, 1.165) is 6.54 Å². The van der Waals surface area contributed by atoms with E-state index in [-0.39, 0.29) is 5.91 Å². The SMILES string of the molecule is CNCCN(C)C(=O)c1ccc2c(c1)OCCO2. The maximum Gasteiger partial charge on any atom is 0.253 e. The van der Waals surface area contributed by atoms with E-state index in [2.05, 4.69) is 5.32 Å². The van der Waals surface area contributed by atoms with Gasteiger partial charge in [-0.2, -0.15) is 0 Å². The summed E-state index contributed by atoms with van der Waals surface area (Å²) in [7, 11) is 3.65. The lowest BCUT2D eigenvalue weighted by molar-refractivity contribution is 0.0795. The Morgan fingerprint density at radius 1 is 1.33 bits per heavy atom. The van der Waals surface area contributed by atoms with Crippen molar-refractivity contribution < 1.29 is 14.3 Å². The highest BCUT2D eigenvalue weighted by Gasteiger charge is 2.16. The molecule has 0 unspecified atom stereocenters. The molecule has 0 spiro atoms. The van der Waals surface area contributed by atoms with Crippen molar-refractivity contribution in [3.8, 4) is 11.5 Å². The van der Waals surface area contributed by atoms with Gasteiger partial charge in [-0.3, -0.25) is 4.79 Å². The molecule has 1 N–H and O–H groups in total. The van der Waals surface area contributed by atoms with Gasteiger partial charge in [0.05, 0.1) is 0 Å². The molecule has 0 atom stereocenters. The van der Waals surface area contributed by atoms with Crippen LogP contribution in [-0.2, 0) is 0 Å². The molecule has 1 aromatic carbocycles. The molecule has 1 heterocycles. The summed E-state index contributed by atoms with van der Waals surface area (Å²) < 4.78 is 10.9. The van der Waals surface area contributed by atoms with E-state index >= 15 is 0 Å². The van der Waals surface area contributed by atoms with Crippen molar-refractivity contribution in [2.45, 2.75) is 0 Å². The lowest BCUT2D eigenvalue weighted by Crippen LogP contribution is -2.32. The molecule has 1 amide bonds. The summed E-state index contributed by atoms with van der Waals surface area (Å²) in [6.07, 6.45) is 0. The summed E-state index contributed by atoms with van der Waals surface area (Å²) in [5, 5.41) is 3.02. The van der Waals surface area contributed by atoms with Crippen LogP contribution in [0.2, 0.25) is 0 Å². The van der Waals surface area contributed by atoms with Gasteiger partial charge in [0, 0.05) is 25.7 Å². The van der Waals surface area contributed by atoms with Gasteiger partial charge in [0.1, 0.15) is 13.2 Å². The number of carbonyl (C=O) groups is 1. The lowest BCUT2D eigenvalue weighted by Gasteiger charge is -2.21. The second-order valence-corrected chi connectivity index (χ2v) is 4.19. The van der Waals surface area contributed by atoms with Crippen LogP contribution in [0.5, 0.6) is 11.5 Å². The summed E-state index contributed by atoms with van der Waals surface area (Å²) in [4.78, 5) is 13.8. The van der Waals surface area contributed by atoms with Crippen molar-refractivity contribution >= 4 is 5.91 Å². The van der Waals surface area contributed by atoms with E-state index < -0.39 is 0 Å². The number of benzene rings is 1. The Bertz CT molecular complexity index is 434. The minimum atomic E-state index is -0.0118. The monoisotopic (exact) mass is 250 g/mol. The van der Waals surface area contributed by atoms with Gasteiger partial charge in [-0.15, -0.1) is 0 Å². The van der Waals surface area contributed by atoms with E-state index in [0.29, 0.717) is 36.8 Å². The van der Waals surface area contributed by atoms with E-state index in [9.17, 15) is 4.79 Å². The average molecular weight is 250 g/mol. The molecule has 0 radical (unpaired) electrons. The molecule has 1 aliphatic heterocycles. The zero-order chi connectivity index (χ0) is 13.0. The number of ether oxygens (including phenoxy) is 2. The van der Waals surface area contributed by atoms with Crippen molar-refractivity contribution in [3.63, 3.8) is 0 Å². The van der Waals surface area contributed by atoms with Gasteiger partial charge in [-0.25, -0.2) is 0 Å². The summed E-state index contributed by atoms with van der Waals surface area (Å²) in [6.45, 7) is 2.53. The molecule has 5 nitrogen and oxygen atoms in total. The summed E-state index contributed by atoms with van der Waals surface area (Å²) in [5.74, 6) is 1.34. The van der Waals surface area contributed by atoms with Crippen LogP contribution in [0.1, 0.15) is 10.4 Å². The van der Waals surface area contributed by atoms with E-state index in [1.807, 2.05) is 7.05 Å². The first-order valence-corrected chi connectivity index (χ1v) is 6.02. The van der Waals surface area contributed by atoms with E-state index in [1.165, 1.54) is 0 Å². The van der Waals surface area contributed by atoms with Crippen molar-refractivity contribution in [1.82, 2.24) is 10.2 Å². The number of fused-ring (bicyclic) bond motifs is 1. The summed E-state index contributed by atoms with van der Waals surface area (Å²) in [6, 6.07) is 5.30. The Balaban J connectivity index is 2.10. The summed E-state index contributed by atoms with van der Waals surface area (Å²) >= 11 is 0. The highest BCUT2D eigenvalue weighted by atomic mass is 16.6. The number of carbonyl (C=O) groups excluding carboxylic acids is 1. The quantitative estimate of drug-likeness (QED) is 0.856. The van der Waals surface area contributed by atoms with Gasteiger partial charge in [0.25, 0.3) is 5.91 Å². The molecular formula is C13H18N2O3. The lowest BCUT2D eigenvalue weighted by atomic mass is 10.1. The molecule has 2 rings (SSSR count). The molecule has 1 aliphatic rings. The average Bonchev–Trinajstić information content (AvgIpc) is 2.43. The topological polar surface area (TPSA) is 50.8 Å². The number of nitrogens with zero attached hydrogens (tertiary/aromatic N) is 1. The van der Waals surface area contributed by atoms with E-state index in [4.69, 9.17) is 9.47 Å². The van der Waals surface area contributed by atoms with Gasteiger partial charge < -0.3 is 19.7 Å². The zero-order valence-corrected chi connectivity index (χ0v) is 10.7. The Kier molecular flexibility index (Phi) is 4.04. The van der Waals surface area contributed by atoms with Crippen LogP contribution in [0.15, 0.2) is 18.2 Å². The third-order valence-electron chi connectivity index (χ3n) is 2.83. The summed E-state index contributed by atoms with van der Waals surface area (Å²) in [5.41, 5.74) is 0.623. The second-order valence-electron chi connectivity index (χ2n) is 4.19. The molecule has 0 bridgehead atoms. The smallest absolute Gasteiger partial charge is 0.253 e. The molecule has 0 aromatic heterocycles. The molecule has 98 valence electrons. The normalized spacial score (nSPS) is 13.2. The predicted octanol–water partition coefficient (Wildman–Crippen LogP) is 0.749. The number of likely N-dealkylation sites (N-methyl/N-ethyl adjacent to an activating group) is 2. The van der Waals surface area contributed by atoms with Crippen LogP contribution in [0.3, 0.4) is 0 Å². The number of amides is 1. The predicted molar refractivity (Wildman–Crippen MR) is 68.3 cm³/mol. The van der Waals surface area contributed by atoms with E-state index in [1.54, 1.807) is 30.1 Å². The van der Waals surface area contributed by atoms with Crippen LogP contribution < -0.4 is 14.8 Å². The maximum absolute atomic E-state index is 12.1. The molecule has 18 heavy (non-hydrogen) atoms. The Morgan fingerprint density at radius 2 is 2.06 bits per heavy atom. The molecule has 1 aromatic rings.